The van der Waals surface area contributed by atoms with Crippen LogP contribution in [0.2, 0.25) is 0 Å². The summed E-state index contributed by atoms with van der Waals surface area (Å²) in [5.41, 5.74) is 13.5. The van der Waals surface area contributed by atoms with Gasteiger partial charge in [-0.05, 0) is 91.0 Å². The van der Waals surface area contributed by atoms with Crippen LogP contribution in [-0.2, 0) is 48.1 Å². The molecule has 11 aromatic rings. The number of imidazole rings is 1. The summed E-state index contributed by atoms with van der Waals surface area (Å²) in [6.07, 6.45) is 5.97. The van der Waals surface area contributed by atoms with Crippen LogP contribution in [0.3, 0.4) is 0 Å². The van der Waals surface area contributed by atoms with Gasteiger partial charge in [0.1, 0.15) is 5.82 Å². The maximum atomic E-state index is 7.39. The predicted octanol–water partition coefficient (Wildman–Crippen LogP) is 17.7. The van der Waals surface area contributed by atoms with Crippen LogP contribution in [0.15, 0.2) is 206 Å². The average molecular weight is 1210 g/mol. The van der Waals surface area contributed by atoms with Crippen molar-refractivity contribution >= 4 is 21.8 Å². The topological polar surface area (TPSA) is 35.9 Å². The largest absolute Gasteiger partial charge is 0.510 e. The van der Waals surface area contributed by atoms with E-state index in [4.69, 9.17) is 9.72 Å². The van der Waals surface area contributed by atoms with Crippen LogP contribution in [0.25, 0.3) is 50.1 Å². The van der Waals surface area contributed by atoms with Gasteiger partial charge in [0.05, 0.1) is 17.1 Å². The second kappa shape index (κ2) is 20.9. The maximum absolute atomic E-state index is 7.39. The molecule has 11 rings (SSSR count). The molecule has 3 heterocycles. The third-order valence-corrected chi connectivity index (χ3v) is 16.1. The molecule has 0 saturated carbocycles. The molecular formula is C73H70N4OPt-2. The zero-order valence-corrected chi connectivity index (χ0v) is 49.9. The molecule has 0 bridgehead atoms. The van der Waals surface area contributed by atoms with E-state index in [0.29, 0.717) is 11.5 Å². The van der Waals surface area contributed by atoms with Crippen molar-refractivity contribution in [2.75, 3.05) is 0 Å². The molecule has 0 aliphatic carbocycles. The number of para-hydroxylation sites is 1. The van der Waals surface area contributed by atoms with E-state index >= 15 is 0 Å². The fraction of sp³-hybridized carbons (Fsp3) is 0.233. The van der Waals surface area contributed by atoms with Gasteiger partial charge in [0.25, 0.3) is 6.33 Å². The first-order valence-corrected chi connectivity index (χ1v) is 27.4. The minimum Gasteiger partial charge on any atom is -0.510 e. The van der Waals surface area contributed by atoms with E-state index in [0.717, 1.165) is 67.1 Å². The first-order chi connectivity index (χ1) is 37.2. The zero-order valence-electron chi connectivity index (χ0n) is 47.6. The minimum absolute atomic E-state index is 0. The molecule has 0 radical (unpaired) electrons. The van der Waals surface area contributed by atoms with Gasteiger partial charge < -0.3 is 13.9 Å². The molecule has 0 saturated heterocycles. The number of hydrogen-bond donors (Lipinski definition) is 0. The van der Waals surface area contributed by atoms with Crippen molar-refractivity contribution in [3.8, 4) is 39.8 Å². The van der Waals surface area contributed by atoms with Crippen LogP contribution in [0.4, 0.5) is 0 Å². The van der Waals surface area contributed by atoms with Crippen LogP contribution in [-0.4, -0.2) is 14.1 Å². The summed E-state index contributed by atoms with van der Waals surface area (Å²) in [4.78, 5) is 5.07. The fourth-order valence-electron chi connectivity index (χ4n) is 11.4. The average Bonchev–Trinajstić information content (AvgIpc) is 4.17. The number of hydrogen-bond acceptors (Lipinski definition) is 2. The Kier molecular flexibility index (Phi) is 14.5. The monoisotopic (exact) mass is 1210 g/mol. The molecule has 0 spiro atoms. The molecule has 0 aliphatic heterocycles. The van der Waals surface area contributed by atoms with Gasteiger partial charge in [0.2, 0.25) is 0 Å². The number of rotatable bonds is 12. The SMILES string of the molecule is CC(C)(C)c1cccc(-[n+]2[c-]n(-c3[c-]c(Oc4[c-]c5c(c(C(C)(C)c6ccccc6)c4)c4ccccc4n5-c4cc(C(C)(C)C)ccn4)cc(-c4ccccc4)c3)c(C(C)(C)c3ccccc3)c2C(C)(C)c2ccccc2)c1.[Pt]. The Balaban J connectivity index is 0.00000704. The molecule has 3 aromatic heterocycles. The summed E-state index contributed by atoms with van der Waals surface area (Å²) in [5.74, 6) is 1.96. The molecule has 0 aliphatic rings. The van der Waals surface area contributed by atoms with Crippen LogP contribution in [0.5, 0.6) is 11.5 Å². The first kappa shape index (κ1) is 54.8. The van der Waals surface area contributed by atoms with E-state index in [1.54, 1.807) is 0 Å². The van der Waals surface area contributed by atoms with Gasteiger partial charge in [-0.3, -0.25) is 4.57 Å². The molecular weight excluding hydrogens is 1140 g/mol. The number of aromatic nitrogens is 4. The predicted molar refractivity (Wildman–Crippen MR) is 321 cm³/mol. The van der Waals surface area contributed by atoms with Crippen molar-refractivity contribution in [2.45, 2.75) is 110 Å². The van der Waals surface area contributed by atoms with Crippen molar-refractivity contribution in [3.63, 3.8) is 0 Å². The van der Waals surface area contributed by atoms with Crippen molar-refractivity contribution in [1.29, 1.82) is 0 Å². The van der Waals surface area contributed by atoms with E-state index < -0.39 is 16.2 Å². The number of pyridine rings is 1. The first-order valence-electron chi connectivity index (χ1n) is 27.4. The molecule has 0 atom stereocenters. The summed E-state index contributed by atoms with van der Waals surface area (Å²) in [6, 6.07) is 79.4. The molecule has 0 fully saturated rings. The second-order valence-electron chi connectivity index (χ2n) is 24.6. The quantitative estimate of drug-likeness (QED) is 0.0903. The van der Waals surface area contributed by atoms with Crippen LogP contribution >= 0.6 is 0 Å². The molecule has 0 unspecified atom stereocenters. The van der Waals surface area contributed by atoms with Crippen molar-refractivity contribution in [3.05, 3.63) is 270 Å². The Bertz CT molecular complexity index is 3970. The van der Waals surface area contributed by atoms with Gasteiger partial charge in [-0.25, -0.2) is 4.98 Å². The van der Waals surface area contributed by atoms with Crippen LogP contribution in [0, 0.1) is 18.5 Å². The van der Waals surface area contributed by atoms with E-state index in [-0.39, 0.29) is 31.9 Å². The second-order valence-corrected chi connectivity index (χ2v) is 24.6. The Labute approximate surface area is 482 Å². The van der Waals surface area contributed by atoms with Crippen molar-refractivity contribution in [1.82, 2.24) is 14.1 Å². The third kappa shape index (κ3) is 10.2. The van der Waals surface area contributed by atoms with E-state index in [9.17, 15) is 0 Å². The molecule has 5 nitrogen and oxygen atoms in total. The Hall–Kier alpha value is -7.59. The molecule has 8 aromatic carbocycles. The van der Waals surface area contributed by atoms with Gasteiger partial charge in [0, 0.05) is 55.1 Å². The van der Waals surface area contributed by atoms with Crippen LogP contribution in [0.1, 0.15) is 128 Å². The Morgan fingerprint density at radius 1 is 0.468 bits per heavy atom. The molecule has 0 amide bonds. The maximum Gasteiger partial charge on any atom is 0.267 e. The van der Waals surface area contributed by atoms with Gasteiger partial charge in [-0.2, -0.15) is 6.07 Å². The van der Waals surface area contributed by atoms with Gasteiger partial charge in [0.15, 0.2) is 0 Å². The summed E-state index contributed by atoms with van der Waals surface area (Å²) < 4.78 is 14.2. The van der Waals surface area contributed by atoms with E-state index in [1.165, 1.54) is 27.8 Å². The summed E-state index contributed by atoms with van der Waals surface area (Å²) in [5, 5.41) is 2.24. The molecule has 79 heavy (non-hydrogen) atoms. The van der Waals surface area contributed by atoms with Gasteiger partial charge in [-0.15, -0.1) is 35.4 Å². The van der Waals surface area contributed by atoms with E-state index in [1.807, 2.05) is 6.20 Å². The molecule has 400 valence electrons. The normalized spacial score (nSPS) is 12.5. The fourth-order valence-corrected chi connectivity index (χ4v) is 11.4. The van der Waals surface area contributed by atoms with Gasteiger partial charge >= 0.3 is 0 Å². The molecule has 6 heteroatoms. The van der Waals surface area contributed by atoms with Crippen molar-refractivity contribution in [2.24, 2.45) is 0 Å². The number of nitrogens with zero attached hydrogens (tertiary/aromatic N) is 4. The van der Waals surface area contributed by atoms with Gasteiger partial charge in [-0.1, -0.05) is 246 Å². The zero-order chi connectivity index (χ0) is 54.8. The number of fused-ring (bicyclic) bond motifs is 3. The minimum atomic E-state index is -0.549. The molecule has 0 N–H and O–H groups in total. The van der Waals surface area contributed by atoms with Crippen LogP contribution < -0.4 is 9.30 Å². The van der Waals surface area contributed by atoms with Crippen molar-refractivity contribution < 1.29 is 30.4 Å². The summed E-state index contributed by atoms with van der Waals surface area (Å²) in [6.45, 7) is 27.6. The Morgan fingerprint density at radius 3 is 1.62 bits per heavy atom. The number of ether oxygens (including phenoxy) is 1. The van der Waals surface area contributed by atoms with E-state index in [2.05, 4.69) is 315 Å². The Morgan fingerprint density at radius 2 is 1.00 bits per heavy atom. The smallest absolute Gasteiger partial charge is 0.267 e. The number of benzene rings is 8. The summed E-state index contributed by atoms with van der Waals surface area (Å²) in [7, 11) is 0. The summed E-state index contributed by atoms with van der Waals surface area (Å²) >= 11 is 0. The standard InChI is InChI=1S/C73H70N4O.Pt/c1-69(2,3)55-36-27-37-57(44-55)75-49-76(68(73(11,12)54-34-23-16-24-35-54)67(75)72(9,10)53-32-21-15-22-33-53)58-42-51(50-28-17-13-18-29-50)43-59(46-58)78-60-47-62(71(7,8)52-30-19-14-20-31-52)66-61-38-25-26-39-63(61)77(64(66)48-60)65-45-56(40-41-74-65)70(4,5)6;/h13-45,47H,1-12H3;/q-2;. The third-order valence-electron chi connectivity index (χ3n) is 16.1.